The summed E-state index contributed by atoms with van der Waals surface area (Å²) >= 11 is 26.0. The second-order valence-electron chi connectivity index (χ2n) is 22.0. The highest BCUT2D eigenvalue weighted by atomic mass is 35.5. The monoisotopic (exact) mass is 1390 g/mol. The highest BCUT2D eigenvalue weighted by molar-refractivity contribution is 6.35. The molecule has 29 heteroatoms. The molecule has 0 spiro atoms. The minimum absolute atomic E-state index is 0. The SMILES string of the molecule is CN1Cc2c(Cl)cc(Cl)cc2[C@H](c2cccc(-c3cn(CCOCCOCCOCCOCCOCCNC(=O)[C@H](O)[C@@H](O)C(=O)NCCOCCOCCOCCOCCOCCn4cc(-c5cccc([C@@H]6CN(C)Cc7c(Cl)cc(Cl)cc76)c5)nn4)nn3)c2)C1.Cl. The summed E-state index contributed by atoms with van der Waals surface area (Å²) < 4.78 is 59.2. The standard InChI is InChI=1S/C64H84Cl4N10O14.ClH/c1-75-39-53(51-35-49(65)37-57(67)55(51)41-75)45-5-3-7-47(33-45)59-43-77(73-71-59)11-15-85-19-23-89-27-31-91-29-25-87-21-17-83-13-9-69-63(81)61(79)62(80)64(82)70-10-14-84-18-22-88-26-30-92-32-28-90-24-20-86-16-12-78-44-60(72-74-78)48-8-4-6-46(34-48)54-40-76(2)42-56-52(54)36-50(66)38-58(56)68;/h3-8,33-38,43-44,53-54,61-62,79-80H,9-32,39-42H2,1-2H3,(H,69,81)(H,70,82);1H/t53-,54-,61+,62+;/m0./s1. The number of halogens is 5. The molecule has 4 heterocycles. The lowest BCUT2D eigenvalue weighted by Gasteiger charge is -2.33. The lowest BCUT2D eigenvalue weighted by Crippen LogP contribution is -2.50. The number of likely N-dealkylation sites (N-methyl/N-ethyl adjacent to an activating group) is 2. The Morgan fingerprint density at radius 3 is 1.15 bits per heavy atom. The second kappa shape index (κ2) is 41.2. The van der Waals surface area contributed by atoms with Crippen molar-refractivity contribution in [2.75, 3.05) is 172 Å². The summed E-state index contributed by atoms with van der Waals surface area (Å²) in [4.78, 5) is 29.1. The molecule has 0 fully saturated rings. The number of aliphatic hydroxyl groups excluding tert-OH is 2. The summed E-state index contributed by atoms with van der Waals surface area (Å²) in [6.45, 7) is 11.5. The first kappa shape index (κ1) is 75.4. The maximum atomic E-state index is 12.3. The number of carbonyl (C=O) groups excluding carboxylic acids is 2. The van der Waals surface area contributed by atoms with Crippen LogP contribution in [0.2, 0.25) is 20.1 Å². The third-order valence-electron chi connectivity index (χ3n) is 15.1. The Balaban J connectivity index is 0.0000123. The van der Waals surface area contributed by atoms with Gasteiger partial charge in [0.25, 0.3) is 11.8 Å². The van der Waals surface area contributed by atoms with Crippen molar-refractivity contribution in [2.24, 2.45) is 0 Å². The molecule has 510 valence electrons. The molecule has 4 atom stereocenters. The van der Waals surface area contributed by atoms with Gasteiger partial charge >= 0.3 is 0 Å². The fraction of sp³-hybridized carbons (Fsp3) is 0.531. The molecule has 0 bridgehead atoms. The van der Waals surface area contributed by atoms with Crippen molar-refractivity contribution in [2.45, 2.75) is 50.2 Å². The zero-order valence-electron chi connectivity index (χ0n) is 52.5. The van der Waals surface area contributed by atoms with Gasteiger partial charge in [-0.15, -0.1) is 22.6 Å². The van der Waals surface area contributed by atoms with Crippen LogP contribution in [0.5, 0.6) is 0 Å². The minimum atomic E-state index is -1.97. The Morgan fingerprint density at radius 1 is 0.484 bits per heavy atom. The Kier molecular flexibility index (Phi) is 33.4. The second-order valence-corrected chi connectivity index (χ2v) is 23.7. The number of nitrogens with zero attached hydrogens (tertiary/aromatic N) is 8. The summed E-state index contributed by atoms with van der Waals surface area (Å²) in [6, 6.07) is 24.4. The molecule has 0 unspecified atom stereocenters. The van der Waals surface area contributed by atoms with Crippen LogP contribution in [0.15, 0.2) is 85.2 Å². The lowest BCUT2D eigenvalue weighted by atomic mass is 9.84. The van der Waals surface area contributed by atoms with E-state index in [1.165, 1.54) is 0 Å². The first-order valence-electron chi connectivity index (χ1n) is 30.8. The van der Waals surface area contributed by atoms with Gasteiger partial charge in [-0.2, -0.15) is 0 Å². The van der Waals surface area contributed by atoms with Gasteiger partial charge in [0.05, 0.1) is 158 Å². The molecule has 2 aliphatic heterocycles. The normalized spacial score (nSPS) is 15.6. The largest absolute Gasteiger partial charge is 0.380 e. The smallest absolute Gasteiger partial charge is 0.252 e. The van der Waals surface area contributed by atoms with Crippen LogP contribution in [0.3, 0.4) is 0 Å². The van der Waals surface area contributed by atoms with Crippen LogP contribution >= 0.6 is 58.8 Å². The van der Waals surface area contributed by atoms with E-state index >= 15 is 0 Å². The summed E-state index contributed by atoms with van der Waals surface area (Å²) in [6.07, 6.45) is -0.108. The van der Waals surface area contributed by atoms with E-state index in [-0.39, 0.29) is 63.8 Å². The quantitative estimate of drug-likeness (QED) is 0.0310. The van der Waals surface area contributed by atoms with Crippen LogP contribution in [0.1, 0.15) is 45.2 Å². The molecule has 8 rings (SSSR count). The lowest BCUT2D eigenvalue weighted by molar-refractivity contribution is -0.146. The van der Waals surface area contributed by atoms with Gasteiger partial charge in [0.15, 0.2) is 12.2 Å². The molecule has 0 saturated carbocycles. The molecule has 0 radical (unpaired) electrons. The van der Waals surface area contributed by atoms with E-state index in [0.717, 1.165) is 82.1 Å². The van der Waals surface area contributed by atoms with E-state index < -0.39 is 24.0 Å². The van der Waals surface area contributed by atoms with Gasteiger partial charge in [-0.1, -0.05) is 93.2 Å². The van der Waals surface area contributed by atoms with Gasteiger partial charge in [-0.05, 0) is 83.9 Å². The van der Waals surface area contributed by atoms with Crippen molar-refractivity contribution in [3.8, 4) is 22.5 Å². The summed E-state index contributed by atoms with van der Waals surface area (Å²) in [5, 5.41) is 45.3. The molecule has 2 aromatic heterocycles. The maximum absolute atomic E-state index is 12.3. The van der Waals surface area contributed by atoms with E-state index in [4.69, 9.17) is 93.8 Å². The highest BCUT2D eigenvalue weighted by Gasteiger charge is 2.31. The predicted molar refractivity (Wildman–Crippen MR) is 354 cm³/mol. The number of aliphatic hydroxyl groups is 2. The van der Waals surface area contributed by atoms with E-state index in [9.17, 15) is 19.8 Å². The van der Waals surface area contributed by atoms with E-state index in [1.54, 1.807) is 9.36 Å². The number of ether oxygens (including phenoxy) is 10. The first-order chi connectivity index (χ1) is 44.8. The molecule has 0 aliphatic carbocycles. The Bertz CT molecular complexity index is 3000. The molecular weight excluding hydrogens is 1310 g/mol. The molecule has 0 saturated heterocycles. The Morgan fingerprint density at radius 2 is 0.806 bits per heavy atom. The molecule has 2 amide bonds. The Labute approximate surface area is 568 Å². The van der Waals surface area contributed by atoms with Crippen molar-refractivity contribution in [1.29, 1.82) is 0 Å². The third kappa shape index (κ3) is 24.9. The molecule has 4 N–H and O–H groups in total. The van der Waals surface area contributed by atoms with Crippen LogP contribution in [0.25, 0.3) is 22.5 Å². The number of aromatic nitrogens is 6. The molecule has 93 heavy (non-hydrogen) atoms. The number of nitrogens with one attached hydrogen (secondary N) is 2. The number of hydrogen-bond acceptors (Lipinski definition) is 20. The van der Waals surface area contributed by atoms with Crippen LogP contribution in [-0.4, -0.2) is 246 Å². The number of fused-ring (bicyclic) bond motifs is 2. The topological polar surface area (TPSA) is 259 Å². The predicted octanol–water partition coefficient (Wildman–Crippen LogP) is 6.21. The van der Waals surface area contributed by atoms with Crippen molar-refractivity contribution in [3.05, 3.63) is 139 Å². The van der Waals surface area contributed by atoms with Crippen LogP contribution < -0.4 is 10.6 Å². The van der Waals surface area contributed by atoms with E-state index in [1.807, 2.05) is 60.9 Å². The summed E-state index contributed by atoms with van der Waals surface area (Å²) in [7, 11) is 4.19. The van der Waals surface area contributed by atoms with E-state index in [0.29, 0.717) is 139 Å². The molecule has 2 aliphatic rings. The molecule has 4 aromatic carbocycles. The molecular formula is C64H85Cl5N10O14. The zero-order chi connectivity index (χ0) is 64.9. The molecule has 24 nitrogen and oxygen atoms in total. The van der Waals surface area contributed by atoms with Crippen LogP contribution in [-0.2, 0) is 83.1 Å². The van der Waals surface area contributed by atoms with Gasteiger partial charge in [0.2, 0.25) is 0 Å². The fourth-order valence-electron chi connectivity index (χ4n) is 10.4. The number of amides is 2. The Hall–Kier alpha value is -5.01. The third-order valence-corrected chi connectivity index (χ3v) is 16.2. The van der Waals surface area contributed by atoms with Crippen LogP contribution in [0, 0.1) is 0 Å². The average Bonchev–Trinajstić information content (AvgIpc) is 1.15. The number of carbonyl (C=O) groups is 2. The minimum Gasteiger partial charge on any atom is -0.380 e. The highest BCUT2D eigenvalue weighted by Crippen LogP contribution is 2.41. The zero-order valence-corrected chi connectivity index (χ0v) is 56.3. The van der Waals surface area contributed by atoms with Gasteiger partial charge in [-0.3, -0.25) is 9.59 Å². The van der Waals surface area contributed by atoms with Gasteiger partial charge < -0.3 is 78.0 Å². The number of hydrogen-bond donors (Lipinski definition) is 4. The first-order valence-corrected chi connectivity index (χ1v) is 32.3. The average molecular weight is 1400 g/mol. The number of rotatable bonds is 43. The summed E-state index contributed by atoms with van der Waals surface area (Å²) in [5.41, 5.74) is 10.4. The number of benzene rings is 4. The fourth-order valence-corrected chi connectivity index (χ4v) is 11.6. The van der Waals surface area contributed by atoms with Gasteiger partial charge in [0.1, 0.15) is 11.4 Å². The summed E-state index contributed by atoms with van der Waals surface area (Å²) in [5.74, 6) is -1.58. The van der Waals surface area contributed by atoms with Gasteiger partial charge in [0, 0.05) is 82.3 Å². The van der Waals surface area contributed by atoms with E-state index in [2.05, 4.69) is 79.4 Å². The van der Waals surface area contributed by atoms with Crippen molar-refractivity contribution < 1.29 is 67.2 Å². The molecule has 6 aromatic rings. The van der Waals surface area contributed by atoms with Crippen molar-refractivity contribution in [3.63, 3.8) is 0 Å². The maximum Gasteiger partial charge on any atom is 0.252 e. The van der Waals surface area contributed by atoms with Crippen molar-refractivity contribution >= 4 is 70.6 Å². The van der Waals surface area contributed by atoms with Crippen LogP contribution in [0.4, 0.5) is 0 Å². The van der Waals surface area contributed by atoms with Crippen molar-refractivity contribution in [1.82, 2.24) is 50.4 Å². The van der Waals surface area contributed by atoms with Gasteiger partial charge in [-0.25, -0.2) is 9.36 Å².